The summed E-state index contributed by atoms with van der Waals surface area (Å²) in [7, 11) is 0. The summed E-state index contributed by atoms with van der Waals surface area (Å²) in [4.78, 5) is 4.42. The van der Waals surface area contributed by atoms with E-state index >= 15 is 0 Å². The monoisotopic (exact) mass is 204 g/mol. The van der Waals surface area contributed by atoms with Gasteiger partial charge in [0, 0.05) is 12.5 Å². The van der Waals surface area contributed by atoms with Crippen molar-refractivity contribution in [1.29, 1.82) is 0 Å². The second-order valence-corrected chi connectivity index (χ2v) is 4.09. The van der Waals surface area contributed by atoms with Crippen molar-refractivity contribution in [2.24, 2.45) is 5.73 Å². The number of hydrogen-bond acceptors (Lipinski definition) is 3. The summed E-state index contributed by atoms with van der Waals surface area (Å²) in [6, 6.07) is 6.23. The molecule has 3 nitrogen and oxygen atoms in total. The van der Waals surface area contributed by atoms with Crippen LogP contribution in [0.1, 0.15) is 24.8 Å². The van der Waals surface area contributed by atoms with E-state index in [1.54, 1.807) is 0 Å². The van der Waals surface area contributed by atoms with Crippen LogP contribution in [0.3, 0.4) is 0 Å². The van der Waals surface area contributed by atoms with E-state index < -0.39 is 0 Å². The topological polar surface area (TPSA) is 52.0 Å². The minimum Gasteiger partial charge on any atom is -0.441 e. The zero-order valence-electron chi connectivity index (χ0n) is 9.16. The van der Waals surface area contributed by atoms with Gasteiger partial charge in [0.05, 0.1) is 0 Å². The van der Waals surface area contributed by atoms with Crippen molar-refractivity contribution in [3.05, 3.63) is 29.7 Å². The molecule has 0 spiro atoms. The first-order chi connectivity index (χ1) is 7.15. The third-order valence-electron chi connectivity index (χ3n) is 2.40. The lowest BCUT2D eigenvalue weighted by Gasteiger charge is -1.99. The van der Waals surface area contributed by atoms with E-state index in [2.05, 4.69) is 11.9 Å². The van der Waals surface area contributed by atoms with Crippen LogP contribution in [0.4, 0.5) is 0 Å². The zero-order chi connectivity index (χ0) is 10.8. The number of rotatable bonds is 3. The van der Waals surface area contributed by atoms with Gasteiger partial charge in [0.25, 0.3) is 0 Å². The summed E-state index contributed by atoms with van der Waals surface area (Å²) >= 11 is 0. The van der Waals surface area contributed by atoms with Gasteiger partial charge in [-0.1, -0.05) is 6.07 Å². The number of aryl methyl sites for hydroxylation is 2. The highest BCUT2D eigenvalue weighted by atomic mass is 16.3. The highest BCUT2D eigenvalue weighted by molar-refractivity contribution is 5.73. The second-order valence-electron chi connectivity index (χ2n) is 4.09. The third-order valence-corrected chi connectivity index (χ3v) is 2.40. The molecule has 2 N–H and O–H groups in total. The van der Waals surface area contributed by atoms with Crippen LogP contribution in [-0.2, 0) is 6.42 Å². The molecule has 15 heavy (non-hydrogen) atoms. The Morgan fingerprint density at radius 3 is 3.00 bits per heavy atom. The van der Waals surface area contributed by atoms with Crippen molar-refractivity contribution in [1.82, 2.24) is 4.98 Å². The molecule has 0 saturated carbocycles. The number of fused-ring (bicyclic) bond motifs is 1. The molecule has 0 saturated heterocycles. The minimum absolute atomic E-state index is 0.196. The standard InChI is InChI=1S/C12H16N2O/c1-8-3-5-11-10(7-8)14-12(15-11)6-4-9(2)13/h3,5,7,9H,4,6,13H2,1-2H3. The molecule has 1 heterocycles. The van der Waals surface area contributed by atoms with E-state index in [0.29, 0.717) is 0 Å². The molecule has 1 aromatic heterocycles. The van der Waals surface area contributed by atoms with Gasteiger partial charge < -0.3 is 10.2 Å². The molecule has 0 bridgehead atoms. The largest absolute Gasteiger partial charge is 0.441 e. The Bertz CT molecular complexity index is 460. The van der Waals surface area contributed by atoms with Crippen molar-refractivity contribution in [2.75, 3.05) is 0 Å². The fourth-order valence-corrected chi connectivity index (χ4v) is 1.54. The Kier molecular flexibility index (Phi) is 2.73. The molecule has 80 valence electrons. The van der Waals surface area contributed by atoms with Gasteiger partial charge in [-0.25, -0.2) is 4.98 Å². The first kappa shape index (κ1) is 10.2. The van der Waals surface area contributed by atoms with Crippen LogP contribution in [0.15, 0.2) is 22.6 Å². The Balaban J connectivity index is 2.23. The Morgan fingerprint density at radius 2 is 2.27 bits per heavy atom. The summed E-state index contributed by atoms with van der Waals surface area (Å²) in [5.74, 6) is 0.785. The predicted molar refractivity (Wildman–Crippen MR) is 60.7 cm³/mol. The summed E-state index contributed by atoms with van der Waals surface area (Å²) in [6.07, 6.45) is 1.72. The van der Waals surface area contributed by atoms with E-state index in [1.165, 1.54) is 5.56 Å². The van der Waals surface area contributed by atoms with Gasteiger partial charge in [-0.3, -0.25) is 0 Å². The van der Waals surface area contributed by atoms with Gasteiger partial charge in [-0.05, 0) is 38.0 Å². The molecule has 0 fully saturated rings. The quantitative estimate of drug-likeness (QED) is 0.835. The fraction of sp³-hybridized carbons (Fsp3) is 0.417. The van der Waals surface area contributed by atoms with E-state index in [9.17, 15) is 0 Å². The lowest BCUT2D eigenvalue weighted by Crippen LogP contribution is -2.15. The molecule has 3 heteroatoms. The highest BCUT2D eigenvalue weighted by Gasteiger charge is 2.06. The van der Waals surface area contributed by atoms with Crippen LogP contribution < -0.4 is 5.73 Å². The van der Waals surface area contributed by atoms with E-state index in [4.69, 9.17) is 10.2 Å². The lowest BCUT2D eigenvalue weighted by molar-refractivity contribution is 0.504. The van der Waals surface area contributed by atoms with Crippen LogP contribution >= 0.6 is 0 Å². The van der Waals surface area contributed by atoms with Crippen molar-refractivity contribution < 1.29 is 4.42 Å². The highest BCUT2D eigenvalue weighted by Crippen LogP contribution is 2.17. The average Bonchev–Trinajstić information content (AvgIpc) is 2.56. The van der Waals surface area contributed by atoms with Gasteiger partial charge in [-0.15, -0.1) is 0 Å². The first-order valence-electron chi connectivity index (χ1n) is 5.27. The van der Waals surface area contributed by atoms with Crippen molar-refractivity contribution >= 4 is 11.1 Å². The number of nitrogens with two attached hydrogens (primary N) is 1. The van der Waals surface area contributed by atoms with E-state index in [1.807, 2.05) is 25.1 Å². The van der Waals surface area contributed by atoms with Crippen LogP contribution in [0.5, 0.6) is 0 Å². The molecule has 1 unspecified atom stereocenters. The minimum atomic E-state index is 0.196. The van der Waals surface area contributed by atoms with Gasteiger partial charge in [0.2, 0.25) is 0 Å². The maximum Gasteiger partial charge on any atom is 0.195 e. The van der Waals surface area contributed by atoms with Crippen LogP contribution in [0, 0.1) is 6.92 Å². The number of oxazole rings is 1. The Hall–Kier alpha value is -1.35. The molecule has 0 radical (unpaired) electrons. The number of benzene rings is 1. The van der Waals surface area contributed by atoms with E-state index in [-0.39, 0.29) is 6.04 Å². The maximum absolute atomic E-state index is 5.69. The van der Waals surface area contributed by atoms with Gasteiger partial charge in [-0.2, -0.15) is 0 Å². The lowest BCUT2D eigenvalue weighted by atomic mass is 10.2. The Labute approximate surface area is 89.3 Å². The predicted octanol–water partition coefficient (Wildman–Crippen LogP) is 2.42. The molecule has 0 amide bonds. The third kappa shape index (κ3) is 2.36. The van der Waals surface area contributed by atoms with Crippen LogP contribution in [-0.4, -0.2) is 11.0 Å². The van der Waals surface area contributed by atoms with Crippen molar-refractivity contribution in [3.8, 4) is 0 Å². The molecule has 0 aliphatic rings. The number of aromatic nitrogens is 1. The summed E-state index contributed by atoms with van der Waals surface area (Å²) in [5, 5.41) is 0. The number of hydrogen-bond donors (Lipinski definition) is 1. The molecule has 1 atom stereocenters. The smallest absolute Gasteiger partial charge is 0.195 e. The molecule has 2 rings (SSSR count). The molecule has 1 aromatic carbocycles. The van der Waals surface area contributed by atoms with Gasteiger partial charge >= 0.3 is 0 Å². The zero-order valence-corrected chi connectivity index (χ0v) is 9.16. The second kappa shape index (κ2) is 4.03. The van der Waals surface area contributed by atoms with Crippen LogP contribution in [0.25, 0.3) is 11.1 Å². The average molecular weight is 204 g/mol. The summed E-state index contributed by atoms with van der Waals surface area (Å²) in [5.41, 5.74) is 8.69. The maximum atomic E-state index is 5.69. The first-order valence-corrected chi connectivity index (χ1v) is 5.27. The molecular formula is C12H16N2O. The van der Waals surface area contributed by atoms with Crippen molar-refractivity contribution in [2.45, 2.75) is 32.7 Å². The van der Waals surface area contributed by atoms with E-state index in [0.717, 1.165) is 29.8 Å². The van der Waals surface area contributed by atoms with Gasteiger partial charge in [0.1, 0.15) is 5.52 Å². The van der Waals surface area contributed by atoms with Crippen LogP contribution in [0.2, 0.25) is 0 Å². The van der Waals surface area contributed by atoms with Gasteiger partial charge in [0.15, 0.2) is 11.5 Å². The van der Waals surface area contributed by atoms with Crippen molar-refractivity contribution in [3.63, 3.8) is 0 Å². The SMILES string of the molecule is Cc1ccc2oc(CCC(C)N)nc2c1. The molecule has 0 aliphatic heterocycles. The normalized spacial score (nSPS) is 13.3. The summed E-state index contributed by atoms with van der Waals surface area (Å²) < 4.78 is 5.61. The summed E-state index contributed by atoms with van der Waals surface area (Å²) in [6.45, 7) is 4.04. The molecule has 0 aliphatic carbocycles. The Morgan fingerprint density at radius 1 is 1.47 bits per heavy atom. The fourth-order valence-electron chi connectivity index (χ4n) is 1.54. The number of nitrogens with zero attached hydrogens (tertiary/aromatic N) is 1. The molecular weight excluding hydrogens is 188 g/mol. The molecule has 2 aromatic rings.